The van der Waals surface area contributed by atoms with Crippen LogP contribution in [0.5, 0.6) is 0 Å². The first kappa shape index (κ1) is 16.4. The number of nitrogens with one attached hydrogen (secondary N) is 2. The van der Waals surface area contributed by atoms with Crippen molar-refractivity contribution in [3.8, 4) is 0 Å². The molecule has 3 rings (SSSR count). The Labute approximate surface area is 143 Å². The lowest BCUT2D eigenvalue weighted by Crippen LogP contribution is -2.29. The number of nitrogens with zero attached hydrogens (tertiary/aromatic N) is 1. The molecule has 1 heterocycles. The number of benzene rings is 2. The van der Waals surface area contributed by atoms with Gasteiger partial charge in [0, 0.05) is 31.0 Å². The van der Waals surface area contributed by atoms with E-state index in [0.29, 0.717) is 6.54 Å². The molecule has 4 heteroatoms. The molecule has 2 aromatic carbocycles. The number of hydrogen-bond donors (Lipinski definition) is 2. The third-order valence-electron chi connectivity index (χ3n) is 4.55. The fraction of sp³-hybridized carbons (Fsp3) is 0.350. The SMILES string of the molecule is Cc1ccccc1CNC(=O)Nc1ccc(N2CCCCC2)cc1. The van der Waals surface area contributed by atoms with E-state index in [4.69, 9.17) is 0 Å². The van der Waals surface area contributed by atoms with Crippen molar-refractivity contribution in [2.24, 2.45) is 0 Å². The molecular formula is C20H25N3O. The van der Waals surface area contributed by atoms with E-state index in [2.05, 4.69) is 27.7 Å². The molecule has 0 atom stereocenters. The number of piperidine rings is 1. The van der Waals surface area contributed by atoms with E-state index in [0.717, 1.165) is 24.3 Å². The van der Waals surface area contributed by atoms with Gasteiger partial charge < -0.3 is 15.5 Å². The van der Waals surface area contributed by atoms with Gasteiger partial charge in [-0.2, -0.15) is 0 Å². The molecule has 2 N–H and O–H groups in total. The molecule has 0 spiro atoms. The Morgan fingerprint density at radius 3 is 2.42 bits per heavy atom. The number of carbonyl (C=O) groups excluding carboxylic acids is 1. The summed E-state index contributed by atoms with van der Waals surface area (Å²) in [6, 6.07) is 16.0. The van der Waals surface area contributed by atoms with Crippen molar-refractivity contribution >= 4 is 17.4 Å². The zero-order valence-corrected chi connectivity index (χ0v) is 14.2. The molecule has 0 bridgehead atoms. The van der Waals surface area contributed by atoms with E-state index in [1.54, 1.807) is 0 Å². The van der Waals surface area contributed by atoms with E-state index in [1.807, 2.05) is 43.3 Å². The third kappa shape index (κ3) is 4.28. The molecule has 2 aromatic rings. The predicted molar refractivity (Wildman–Crippen MR) is 99.5 cm³/mol. The van der Waals surface area contributed by atoms with E-state index < -0.39 is 0 Å². The van der Waals surface area contributed by atoms with E-state index in [-0.39, 0.29) is 6.03 Å². The van der Waals surface area contributed by atoms with Gasteiger partial charge in [0.05, 0.1) is 0 Å². The van der Waals surface area contributed by atoms with Crippen LogP contribution in [0.1, 0.15) is 30.4 Å². The van der Waals surface area contributed by atoms with Crippen LogP contribution in [0.25, 0.3) is 0 Å². The maximum Gasteiger partial charge on any atom is 0.319 e. The van der Waals surface area contributed by atoms with Crippen molar-refractivity contribution in [3.63, 3.8) is 0 Å². The van der Waals surface area contributed by atoms with Crippen LogP contribution in [0.4, 0.5) is 16.2 Å². The van der Waals surface area contributed by atoms with Gasteiger partial charge in [-0.25, -0.2) is 4.79 Å². The minimum Gasteiger partial charge on any atom is -0.372 e. The molecule has 0 unspecified atom stereocenters. The topological polar surface area (TPSA) is 44.4 Å². The predicted octanol–water partition coefficient (Wildman–Crippen LogP) is 4.31. The van der Waals surface area contributed by atoms with Gasteiger partial charge in [0.25, 0.3) is 0 Å². The second kappa shape index (κ2) is 7.86. The zero-order chi connectivity index (χ0) is 16.8. The highest BCUT2D eigenvalue weighted by molar-refractivity contribution is 5.89. The Bertz CT molecular complexity index is 676. The van der Waals surface area contributed by atoms with Gasteiger partial charge in [0.1, 0.15) is 0 Å². The molecule has 1 aliphatic heterocycles. The Morgan fingerprint density at radius 1 is 1.00 bits per heavy atom. The summed E-state index contributed by atoms with van der Waals surface area (Å²) in [5.74, 6) is 0. The fourth-order valence-electron chi connectivity index (χ4n) is 3.07. The first-order chi connectivity index (χ1) is 11.7. The number of carbonyl (C=O) groups is 1. The minimum atomic E-state index is -0.177. The molecule has 2 amide bonds. The molecule has 0 aromatic heterocycles. The summed E-state index contributed by atoms with van der Waals surface area (Å²) in [5, 5.41) is 5.80. The lowest BCUT2D eigenvalue weighted by atomic mass is 10.1. The van der Waals surface area contributed by atoms with Crippen LogP contribution in [0.3, 0.4) is 0 Å². The van der Waals surface area contributed by atoms with Crippen LogP contribution >= 0.6 is 0 Å². The second-order valence-electron chi connectivity index (χ2n) is 6.33. The number of amides is 2. The van der Waals surface area contributed by atoms with Crippen LogP contribution in [0, 0.1) is 6.92 Å². The van der Waals surface area contributed by atoms with E-state index in [9.17, 15) is 4.79 Å². The van der Waals surface area contributed by atoms with Crippen LogP contribution in [0.2, 0.25) is 0 Å². The Hall–Kier alpha value is -2.49. The molecule has 1 aliphatic rings. The number of anilines is 2. The summed E-state index contributed by atoms with van der Waals surface area (Å²) in [5.41, 5.74) is 4.37. The second-order valence-corrected chi connectivity index (χ2v) is 6.33. The molecule has 0 saturated carbocycles. The molecule has 1 saturated heterocycles. The highest BCUT2D eigenvalue weighted by Crippen LogP contribution is 2.21. The Kier molecular flexibility index (Phi) is 5.36. The van der Waals surface area contributed by atoms with E-state index >= 15 is 0 Å². The average molecular weight is 323 g/mol. The average Bonchev–Trinajstić information content (AvgIpc) is 2.62. The van der Waals surface area contributed by atoms with Crippen molar-refractivity contribution in [2.45, 2.75) is 32.7 Å². The normalized spacial score (nSPS) is 14.3. The lowest BCUT2D eigenvalue weighted by molar-refractivity contribution is 0.251. The maximum absolute atomic E-state index is 12.1. The van der Waals surface area contributed by atoms with Gasteiger partial charge in [0.15, 0.2) is 0 Å². The molecule has 126 valence electrons. The van der Waals surface area contributed by atoms with Crippen LogP contribution < -0.4 is 15.5 Å². The summed E-state index contributed by atoms with van der Waals surface area (Å²) in [7, 11) is 0. The fourth-order valence-corrected chi connectivity index (χ4v) is 3.07. The van der Waals surface area contributed by atoms with Crippen molar-refractivity contribution in [2.75, 3.05) is 23.3 Å². The van der Waals surface area contributed by atoms with Gasteiger partial charge in [-0.15, -0.1) is 0 Å². The minimum absolute atomic E-state index is 0.177. The molecule has 0 aliphatic carbocycles. The van der Waals surface area contributed by atoms with Crippen molar-refractivity contribution < 1.29 is 4.79 Å². The Balaban J connectivity index is 1.52. The van der Waals surface area contributed by atoms with Crippen molar-refractivity contribution in [1.82, 2.24) is 5.32 Å². The van der Waals surface area contributed by atoms with Crippen LogP contribution in [-0.2, 0) is 6.54 Å². The monoisotopic (exact) mass is 323 g/mol. The standard InChI is InChI=1S/C20H25N3O/c1-16-7-3-4-8-17(16)15-21-20(24)22-18-9-11-19(12-10-18)23-13-5-2-6-14-23/h3-4,7-12H,2,5-6,13-15H2,1H3,(H2,21,22,24). The summed E-state index contributed by atoms with van der Waals surface area (Å²) in [6.45, 7) is 4.84. The number of hydrogen-bond acceptors (Lipinski definition) is 2. The number of urea groups is 1. The highest BCUT2D eigenvalue weighted by atomic mass is 16.2. The molecule has 1 fully saturated rings. The Morgan fingerprint density at radius 2 is 1.71 bits per heavy atom. The van der Waals surface area contributed by atoms with Crippen molar-refractivity contribution in [1.29, 1.82) is 0 Å². The van der Waals surface area contributed by atoms with Gasteiger partial charge in [-0.1, -0.05) is 24.3 Å². The zero-order valence-electron chi connectivity index (χ0n) is 14.2. The smallest absolute Gasteiger partial charge is 0.319 e. The van der Waals surface area contributed by atoms with Crippen LogP contribution in [-0.4, -0.2) is 19.1 Å². The molecular weight excluding hydrogens is 298 g/mol. The summed E-state index contributed by atoms with van der Waals surface area (Å²) in [4.78, 5) is 14.5. The van der Waals surface area contributed by atoms with E-state index in [1.165, 1.54) is 30.5 Å². The number of aryl methyl sites for hydroxylation is 1. The highest BCUT2D eigenvalue weighted by Gasteiger charge is 2.10. The van der Waals surface area contributed by atoms with Gasteiger partial charge in [-0.05, 0) is 61.6 Å². The molecule has 4 nitrogen and oxygen atoms in total. The maximum atomic E-state index is 12.1. The third-order valence-corrected chi connectivity index (χ3v) is 4.55. The first-order valence-electron chi connectivity index (χ1n) is 8.67. The van der Waals surface area contributed by atoms with Crippen molar-refractivity contribution in [3.05, 3.63) is 59.7 Å². The summed E-state index contributed by atoms with van der Waals surface area (Å²) >= 11 is 0. The molecule has 0 radical (unpaired) electrons. The largest absolute Gasteiger partial charge is 0.372 e. The van der Waals surface area contributed by atoms with Gasteiger partial charge >= 0.3 is 6.03 Å². The molecule has 24 heavy (non-hydrogen) atoms. The summed E-state index contributed by atoms with van der Waals surface area (Å²) in [6.07, 6.45) is 3.86. The quantitative estimate of drug-likeness (QED) is 0.881. The van der Waals surface area contributed by atoms with Gasteiger partial charge in [0.2, 0.25) is 0 Å². The first-order valence-corrected chi connectivity index (χ1v) is 8.67. The number of rotatable bonds is 4. The lowest BCUT2D eigenvalue weighted by Gasteiger charge is -2.28. The van der Waals surface area contributed by atoms with Crippen LogP contribution in [0.15, 0.2) is 48.5 Å². The summed E-state index contributed by atoms with van der Waals surface area (Å²) < 4.78 is 0. The van der Waals surface area contributed by atoms with Gasteiger partial charge in [-0.3, -0.25) is 0 Å².